The molecular formula is C28H27F2N3O4S. The van der Waals surface area contributed by atoms with Crippen LogP contribution in [0.2, 0.25) is 0 Å². The van der Waals surface area contributed by atoms with Crippen LogP contribution in [0.15, 0.2) is 54.7 Å². The molecule has 0 fully saturated rings. The van der Waals surface area contributed by atoms with Crippen LogP contribution in [0.3, 0.4) is 0 Å². The molecule has 198 valence electrons. The second-order valence-corrected chi connectivity index (χ2v) is 10.0. The highest BCUT2D eigenvalue weighted by atomic mass is 32.1. The Balaban J connectivity index is 1.66. The number of pyridine rings is 1. The van der Waals surface area contributed by atoms with E-state index in [9.17, 15) is 18.7 Å². The normalized spacial score (nSPS) is 11.1. The van der Waals surface area contributed by atoms with Crippen LogP contribution in [0.25, 0.3) is 22.4 Å². The number of ether oxygens (including phenoxy) is 2. The van der Waals surface area contributed by atoms with Crippen molar-refractivity contribution in [2.24, 2.45) is 5.92 Å². The van der Waals surface area contributed by atoms with Crippen LogP contribution in [-0.2, 0) is 11.2 Å². The first-order chi connectivity index (χ1) is 18.2. The molecule has 4 aromatic rings. The molecule has 2 aromatic heterocycles. The van der Waals surface area contributed by atoms with Gasteiger partial charge in [-0.3, -0.25) is 0 Å². The molecular weight excluding hydrogens is 512 g/mol. The van der Waals surface area contributed by atoms with Gasteiger partial charge in [0, 0.05) is 29.3 Å². The highest BCUT2D eigenvalue weighted by Gasteiger charge is 2.19. The molecule has 0 aliphatic heterocycles. The average molecular weight is 540 g/mol. The lowest BCUT2D eigenvalue weighted by molar-refractivity contribution is 0.0697. The molecule has 38 heavy (non-hydrogen) atoms. The van der Waals surface area contributed by atoms with Crippen LogP contribution in [0.1, 0.15) is 29.1 Å². The van der Waals surface area contributed by atoms with E-state index in [0.717, 1.165) is 4.88 Å². The fourth-order valence-corrected chi connectivity index (χ4v) is 4.99. The molecule has 2 N–H and O–H groups in total. The lowest BCUT2D eigenvalue weighted by Gasteiger charge is -2.09. The predicted octanol–water partition coefficient (Wildman–Crippen LogP) is 6.82. The Morgan fingerprint density at radius 1 is 1.08 bits per heavy atom. The van der Waals surface area contributed by atoms with Crippen molar-refractivity contribution >= 4 is 28.3 Å². The van der Waals surface area contributed by atoms with Crippen LogP contribution in [0, 0.1) is 17.6 Å². The zero-order valence-corrected chi connectivity index (χ0v) is 21.9. The molecule has 10 heteroatoms. The average Bonchev–Trinajstić information content (AvgIpc) is 3.26. The van der Waals surface area contributed by atoms with Crippen LogP contribution in [0.4, 0.5) is 19.7 Å². The Labute approximate surface area is 223 Å². The first-order valence-electron chi connectivity index (χ1n) is 11.9. The van der Waals surface area contributed by atoms with Crippen molar-refractivity contribution in [3.8, 4) is 28.1 Å². The maximum Gasteiger partial charge on any atom is 0.339 e. The van der Waals surface area contributed by atoms with Gasteiger partial charge in [-0.25, -0.2) is 23.5 Å². The number of nitrogens with zero attached hydrogens (tertiary/aromatic N) is 2. The van der Waals surface area contributed by atoms with Gasteiger partial charge in [-0.15, -0.1) is 11.3 Å². The number of aromatic carboxylic acids is 1. The fraction of sp³-hybridized carbons (Fsp3) is 0.250. The van der Waals surface area contributed by atoms with Gasteiger partial charge in [0.25, 0.3) is 0 Å². The molecule has 7 nitrogen and oxygen atoms in total. The summed E-state index contributed by atoms with van der Waals surface area (Å²) in [5.41, 5.74) is 2.07. The Hall–Kier alpha value is -3.89. The van der Waals surface area contributed by atoms with Crippen molar-refractivity contribution in [1.82, 2.24) is 9.97 Å². The van der Waals surface area contributed by atoms with Crippen molar-refractivity contribution in [1.29, 1.82) is 0 Å². The van der Waals surface area contributed by atoms with E-state index in [1.54, 1.807) is 31.4 Å². The van der Waals surface area contributed by atoms with E-state index in [1.807, 2.05) is 0 Å². The number of carbonyl (C=O) groups is 1. The number of rotatable bonds is 11. The summed E-state index contributed by atoms with van der Waals surface area (Å²) < 4.78 is 38.8. The topological polar surface area (TPSA) is 93.6 Å². The molecule has 0 saturated heterocycles. The molecule has 0 aliphatic rings. The van der Waals surface area contributed by atoms with Crippen molar-refractivity contribution in [3.05, 3.63) is 76.8 Å². The van der Waals surface area contributed by atoms with E-state index < -0.39 is 17.6 Å². The van der Waals surface area contributed by atoms with E-state index in [-0.39, 0.29) is 23.7 Å². The lowest BCUT2D eigenvalue weighted by atomic mass is 10.0. The van der Waals surface area contributed by atoms with E-state index in [2.05, 4.69) is 29.1 Å². The number of halogens is 2. The van der Waals surface area contributed by atoms with Crippen LogP contribution >= 0.6 is 11.3 Å². The number of nitrogens with one attached hydrogen (secondary N) is 1. The monoisotopic (exact) mass is 539 g/mol. The molecule has 0 amide bonds. The maximum atomic E-state index is 14.8. The molecule has 0 radical (unpaired) electrons. The van der Waals surface area contributed by atoms with Gasteiger partial charge < -0.3 is 19.9 Å². The first kappa shape index (κ1) is 27.2. The molecule has 0 atom stereocenters. The van der Waals surface area contributed by atoms with Gasteiger partial charge in [-0.2, -0.15) is 0 Å². The number of hydrogen-bond acceptors (Lipinski definition) is 7. The zero-order chi connectivity index (χ0) is 27.2. The standard InChI is InChI=1S/C28H27F2N3O4S/c1-16(2)11-24-25(18-7-8-23(22(30)14-18)37-10-9-36-3)32-28(38-24)33-26-21(27(34)35)13-19(15-31-26)17-5-4-6-20(29)12-17/h4-8,12-16H,9-11H2,1-3H3,(H,34,35)(H,31,32,33). The van der Waals surface area contributed by atoms with Crippen LogP contribution in [-0.4, -0.2) is 41.4 Å². The van der Waals surface area contributed by atoms with Gasteiger partial charge >= 0.3 is 5.97 Å². The number of anilines is 2. The van der Waals surface area contributed by atoms with E-state index >= 15 is 0 Å². The molecule has 0 unspecified atom stereocenters. The van der Waals surface area contributed by atoms with Crippen molar-refractivity contribution in [3.63, 3.8) is 0 Å². The number of methoxy groups -OCH3 is 1. The van der Waals surface area contributed by atoms with E-state index in [1.165, 1.54) is 41.8 Å². The third-order valence-electron chi connectivity index (χ3n) is 5.54. The van der Waals surface area contributed by atoms with Crippen LogP contribution < -0.4 is 10.1 Å². The van der Waals surface area contributed by atoms with Crippen molar-refractivity contribution < 1.29 is 28.2 Å². The number of thiazole rings is 1. The number of carboxylic acid groups (broad SMARTS) is 1. The molecule has 0 aliphatic carbocycles. The maximum absolute atomic E-state index is 14.8. The third-order valence-corrected chi connectivity index (χ3v) is 6.54. The largest absolute Gasteiger partial charge is 0.488 e. The van der Waals surface area contributed by atoms with Crippen LogP contribution in [0.5, 0.6) is 5.75 Å². The van der Waals surface area contributed by atoms with E-state index in [4.69, 9.17) is 9.47 Å². The summed E-state index contributed by atoms with van der Waals surface area (Å²) in [7, 11) is 1.54. The molecule has 0 saturated carbocycles. The number of carboxylic acids is 1. The van der Waals surface area contributed by atoms with Crippen molar-refractivity contribution in [2.75, 3.05) is 25.6 Å². The highest BCUT2D eigenvalue weighted by Crippen LogP contribution is 2.36. The minimum Gasteiger partial charge on any atom is -0.488 e. The fourth-order valence-electron chi connectivity index (χ4n) is 3.79. The van der Waals surface area contributed by atoms with Gasteiger partial charge in [-0.05, 0) is 54.3 Å². The van der Waals surface area contributed by atoms with Gasteiger partial charge in [0.15, 0.2) is 16.7 Å². The van der Waals surface area contributed by atoms with Gasteiger partial charge in [0.2, 0.25) is 0 Å². The third kappa shape index (κ3) is 6.51. The van der Waals surface area contributed by atoms with E-state index in [0.29, 0.717) is 46.5 Å². The summed E-state index contributed by atoms with van der Waals surface area (Å²) in [5, 5.41) is 13.3. The summed E-state index contributed by atoms with van der Waals surface area (Å²) in [6.45, 7) is 4.71. The molecule has 4 rings (SSSR count). The lowest BCUT2D eigenvalue weighted by Crippen LogP contribution is -2.05. The van der Waals surface area contributed by atoms with Gasteiger partial charge in [0.05, 0.1) is 12.3 Å². The molecule has 0 spiro atoms. The zero-order valence-electron chi connectivity index (χ0n) is 21.1. The summed E-state index contributed by atoms with van der Waals surface area (Å²) in [4.78, 5) is 21.9. The second kappa shape index (κ2) is 12.1. The summed E-state index contributed by atoms with van der Waals surface area (Å²) in [5.74, 6) is -1.61. The Morgan fingerprint density at radius 2 is 1.89 bits per heavy atom. The highest BCUT2D eigenvalue weighted by molar-refractivity contribution is 7.16. The molecule has 2 aromatic carbocycles. The first-order valence-corrected chi connectivity index (χ1v) is 12.7. The van der Waals surface area contributed by atoms with Crippen molar-refractivity contribution in [2.45, 2.75) is 20.3 Å². The number of benzene rings is 2. The number of hydrogen-bond donors (Lipinski definition) is 2. The summed E-state index contributed by atoms with van der Waals surface area (Å²) in [6, 6.07) is 12.0. The second-order valence-electron chi connectivity index (χ2n) is 8.94. The summed E-state index contributed by atoms with van der Waals surface area (Å²) in [6.07, 6.45) is 2.17. The quantitative estimate of drug-likeness (QED) is 0.202. The number of aromatic nitrogens is 2. The van der Waals surface area contributed by atoms with Gasteiger partial charge in [0.1, 0.15) is 23.8 Å². The Morgan fingerprint density at radius 3 is 2.58 bits per heavy atom. The Kier molecular flexibility index (Phi) is 8.65. The SMILES string of the molecule is COCCOc1ccc(-c2nc(Nc3ncc(-c4cccc(F)c4)cc3C(=O)O)sc2CC(C)C)cc1F. The molecule has 0 bridgehead atoms. The minimum atomic E-state index is -1.19. The van der Waals surface area contributed by atoms with Gasteiger partial charge in [-0.1, -0.05) is 26.0 Å². The summed E-state index contributed by atoms with van der Waals surface area (Å²) >= 11 is 1.35. The minimum absolute atomic E-state index is 0.0856. The predicted molar refractivity (Wildman–Crippen MR) is 143 cm³/mol. The smallest absolute Gasteiger partial charge is 0.339 e. The Bertz CT molecular complexity index is 1440. The molecule has 2 heterocycles.